The van der Waals surface area contributed by atoms with E-state index in [0.717, 1.165) is 16.7 Å². The molecule has 0 spiro atoms. The first-order valence-electron chi connectivity index (χ1n) is 4.80. The summed E-state index contributed by atoms with van der Waals surface area (Å²) in [7, 11) is 0. The van der Waals surface area contributed by atoms with Crippen LogP contribution in [0.25, 0.3) is 0 Å². The third-order valence-electron chi connectivity index (χ3n) is 1.90. The minimum atomic E-state index is 0.431. The van der Waals surface area contributed by atoms with Crippen molar-refractivity contribution in [3.8, 4) is 5.75 Å². The van der Waals surface area contributed by atoms with Gasteiger partial charge in [0.25, 0.3) is 0 Å². The van der Waals surface area contributed by atoms with Gasteiger partial charge in [0.2, 0.25) is 0 Å². The molecule has 0 heterocycles. The number of hydrogen-bond acceptors (Lipinski definition) is 1. The molecule has 0 saturated carbocycles. The summed E-state index contributed by atoms with van der Waals surface area (Å²) in [6.07, 6.45) is 1.25. The Balaban J connectivity index is 0.000000424. The highest BCUT2D eigenvalue weighted by Gasteiger charge is 2.00. The van der Waals surface area contributed by atoms with Crippen LogP contribution in [0.3, 0.4) is 0 Å². The lowest BCUT2D eigenvalue weighted by atomic mass is 10.1. The number of phenols is 1. The summed E-state index contributed by atoms with van der Waals surface area (Å²) < 4.78 is 0. The topological polar surface area (TPSA) is 20.2 Å². The summed E-state index contributed by atoms with van der Waals surface area (Å²) in [6, 6.07) is 3.95. The number of hydrogen-bond donors (Lipinski definition) is 1. The largest absolute Gasteiger partial charge is 0.507 e. The van der Waals surface area contributed by atoms with Gasteiger partial charge in [-0.25, -0.2) is 0 Å². The first-order valence-corrected chi connectivity index (χ1v) is 4.80. The van der Waals surface area contributed by atoms with Crippen LogP contribution >= 0.6 is 0 Å². The van der Waals surface area contributed by atoms with Crippen LogP contribution in [0, 0.1) is 20.8 Å². The van der Waals surface area contributed by atoms with E-state index in [1.165, 1.54) is 6.42 Å². The van der Waals surface area contributed by atoms with Gasteiger partial charge in [-0.1, -0.05) is 32.4 Å². The van der Waals surface area contributed by atoms with Crippen LogP contribution < -0.4 is 0 Å². The predicted molar refractivity (Wildman–Crippen MR) is 58.3 cm³/mol. The molecule has 0 atom stereocenters. The standard InChI is InChI=1S/C9H12O.C3H8/c1-6-4-5-7(2)9(10)8(6)3;1-3-2/h4-5,10H,1-3H3;3H2,1-2H3. The van der Waals surface area contributed by atoms with Crippen molar-refractivity contribution in [3.05, 3.63) is 28.8 Å². The molecule has 1 aromatic carbocycles. The number of aryl methyl sites for hydroxylation is 2. The maximum absolute atomic E-state index is 9.39. The average Bonchev–Trinajstić information content (AvgIpc) is 2.10. The van der Waals surface area contributed by atoms with Crippen LogP contribution in [-0.4, -0.2) is 5.11 Å². The first kappa shape index (κ1) is 12.0. The van der Waals surface area contributed by atoms with Crippen LogP contribution in [0.2, 0.25) is 0 Å². The normalized spacial score (nSPS) is 9.00. The highest BCUT2D eigenvalue weighted by atomic mass is 16.3. The van der Waals surface area contributed by atoms with Gasteiger partial charge in [0.15, 0.2) is 0 Å². The third kappa shape index (κ3) is 3.49. The highest BCUT2D eigenvalue weighted by Crippen LogP contribution is 2.23. The van der Waals surface area contributed by atoms with Gasteiger partial charge in [-0.05, 0) is 37.5 Å². The summed E-state index contributed by atoms with van der Waals surface area (Å²) in [4.78, 5) is 0. The van der Waals surface area contributed by atoms with Crippen LogP contribution in [0.5, 0.6) is 5.75 Å². The Hall–Kier alpha value is -0.980. The van der Waals surface area contributed by atoms with Crippen LogP contribution in [0.4, 0.5) is 0 Å². The van der Waals surface area contributed by atoms with Gasteiger partial charge in [-0.3, -0.25) is 0 Å². The Kier molecular flexibility index (Phi) is 5.20. The molecule has 1 heteroatoms. The van der Waals surface area contributed by atoms with E-state index >= 15 is 0 Å². The average molecular weight is 180 g/mol. The fraction of sp³-hybridized carbons (Fsp3) is 0.500. The van der Waals surface area contributed by atoms with Gasteiger partial charge in [-0.15, -0.1) is 0 Å². The number of rotatable bonds is 0. The summed E-state index contributed by atoms with van der Waals surface area (Å²) in [5.74, 6) is 0.431. The predicted octanol–water partition coefficient (Wildman–Crippen LogP) is 3.73. The molecule has 1 rings (SSSR count). The Morgan fingerprint density at radius 1 is 1.00 bits per heavy atom. The molecule has 13 heavy (non-hydrogen) atoms. The lowest BCUT2D eigenvalue weighted by Crippen LogP contribution is -1.83. The SMILES string of the molecule is CCC.Cc1ccc(C)c(O)c1C. The summed E-state index contributed by atoms with van der Waals surface area (Å²) in [5, 5.41) is 9.39. The molecule has 0 radical (unpaired) electrons. The molecule has 1 nitrogen and oxygen atoms in total. The number of phenolic OH excluding ortho intramolecular Hbond substituents is 1. The Morgan fingerprint density at radius 2 is 1.38 bits per heavy atom. The molecule has 0 aromatic heterocycles. The number of benzene rings is 1. The second-order valence-electron chi connectivity index (χ2n) is 3.38. The van der Waals surface area contributed by atoms with E-state index in [-0.39, 0.29) is 0 Å². The van der Waals surface area contributed by atoms with Crippen molar-refractivity contribution in [2.75, 3.05) is 0 Å². The second-order valence-corrected chi connectivity index (χ2v) is 3.38. The number of aromatic hydroxyl groups is 1. The van der Waals surface area contributed by atoms with E-state index in [0.29, 0.717) is 5.75 Å². The quantitative estimate of drug-likeness (QED) is 0.645. The molecule has 0 bridgehead atoms. The molecule has 0 aliphatic carbocycles. The van der Waals surface area contributed by atoms with Crippen molar-refractivity contribution in [2.45, 2.75) is 41.0 Å². The second kappa shape index (κ2) is 5.63. The molecule has 0 saturated heterocycles. The van der Waals surface area contributed by atoms with Gasteiger partial charge in [0.1, 0.15) is 5.75 Å². The molecule has 1 aromatic rings. The molecule has 0 fully saturated rings. The summed E-state index contributed by atoms with van der Waals surface area (Å²) in [6.45, 7) is 10.1. The zero-order valence-corrected chi connectivity index (χ0v) is 9.31. The Morgan fingerprint density at radius 3 is 1.77 bits per heavy atom. The fourth-order valence-corrected chi connectivity index (χ4v) is 0.936. The first-order chi connectivity index (χ1) is 6.04. The minimum absolute atomic E-state index is 0.431. The molecule has 1 N–H and O–H groups in total. The van der Waals surface area contributed by atoms with Crippen molar-refractivity contribution in [1.29, 1.82) is 0 Å². The van der Waals surface area contributed by atoms with Crippen molar-refractivity contribution in [1.82, 2.24) is 0 Å². The van der Waals surface area contributed by atoms with Gasteiger partial charge >= 0.3 is 0 Å². The zero-order chi connectivity index (χ0) is 10.4. The van der Waals surface area contributed by atoms with Gasteiger partial charge in [-0.2, -0.15) is 0 Å². The maximum Gasteiger partial charge on any atom is 0.121 e. The molecule has 0 amide bonds. The zero-order valence-electron chi connectivity index (χ0n) is 9.31. The van der Waals surface area contributed by atoms with Crippen LogP contribution in [0.15, 0.2) is 12.1 Å². The van der Waals surface area contributed by atoms with E-state index in [2.05, 4.69) is 13.8 Å². The molecule has 0 unspecified atom stereocenters. The van der Waals surface area contributed by atoms with E-state index in [4.69, 9.17) is 0 Å². The van der Waals surface area contributed by atoms with E-state index in [1.54, 1.807) is 0 Å². The van der Waals surface area contributed by atoms with Crippen molar-refractivity contribution < 1.29 is 5.11 Å². The maximum atomic E-state index is 9.39. The summed E-state index contributed by atoms with van der Waals surface area (Å²) in [5.41, 5.74) is 3.08. The lowest BCUT2D eigenvalue weighted by molar-refractivity contribution is 0.466. The van der Waals surface area contributed by atoms with Gasteiger partial charge < -0.3 is 5.11 Å². The van der Waals surface area contributed by atoms with Crippen LogP contribution in [0.1, 0.15) is 37.0 Å². The molecule has 0 aliphatic rings. The molecule has 74 valence electrons. The van der Waals surface area contributed by atoms with E-state index < -0.39 is 0 Å². The fourth-order valence-electron chi connectivity index (χ4n) is 0.936. The minimum Gasteiger partial charge on any atom is -0.507 e. The summed E-state index contributed by atoms with van der Waals surface area (Å²) >= 11 is 0. The molecular weight excluding hydrogens is 160 g/mol. The van der Waals surface area contributed by atoms with E-state index in [1.807, 2.05) is 32.9 Å². The molecule has 0 aliphatic heterocycles. The lowest BCUT2D eigenvalue weighted by Gasteiger charge is -2.04. The van der Waals surface area contributed by atoms with Crippen molar-refractivity contribution in [3.63, 3.8) is 0 Å². The highest BCUT2D eigenvalue weighted by molar-refractivity contribution is 5.43. The Labute approximate surface area is 81.4 Å². The van der Waals surface area contributed by atoms with Crippen molar-refractivity contribution in [2.24, 2.45) is 0 Å². The molecular formula is C12H20O. The smallest absolute Gasteiger partial charge is 0.121 e. The van der Waals surface area contributed by atoms with E-state index in [9.17, 15) is 5.11 Å². The monoisotopic (exact) mass is 180 g/mol. The third-order valence-corrected chi connectivity index (χ3v) is 1.90. The van der Waals surface area contributed by atoms with Gasteiger partial charge in [0, 0.05) is 0 Å². The van der Waals surface area contributed by atoms with Crippen LogP contribution in [-0.2, 0) is 0 Å². The van der Waals surface area contributed by atoms with Crippen molar-refractivity contribution >= 4 is 0 Å². The van der Waals surface area contributed by atoms with Gasteiger partial charge in [0.05, 0.1) is 0 Å². The Bertz CT molecular complexity index is 237.